The topological polar surface area (TPSA) is 49.7 Å². The molecule has 0 aliphatic carbocycles. The molecule has 3 heteroatoms. The summed E-state index contributed by atoms with van der Waals surface area (Å²) in [5.41, 5.74) is 1.83. The summed E-state index contributed by atoms with van der Waals surface area (Å²) in [6.07, 6.45) is 0.0785. The first-order valence-electron chi connectivity index (χ1n) is 6.35. The summed E-state index contributed by atoms with van der Waals surface area (Å²) in [5.74, 6) is 1.38. The van der Waals surface area contributed by atoms with Crippen LogP contribution in [0.1, 0.15) is 24.2 Å². The van der Waals surface area contributed by atoms with Crippen molar-refractivity contribution in [3.63, 3.8) is 0 Å². The van der Waals surface area contributed by atoms with E-state index in [0.29, 0.717) is 12.2 Å². The third kappa shape index (κ3) is 3.56. The van der Waals surface area contributed by atoms with Gasteiger partial charge >= 0.3 is 0 Å². The van der Waals surface area contributed by atoms with Gasteiger partial charge in [-0.2, -0.15) is 0 Å². The minimum absolute atomic E-state index is 0.144. The number of rotatable bonds is 5. The van der Waals surface area contributed by atoms with E-state index in [1.165, 1.54) is 0 Å². The molecular weight excluding hydrogens is 240 g/mol. The van der Waals surface area contributed by atoms with E-state index in [1.807, 2.05) is 48.5 Å². The molecule has 0 bridgehead atoms. The maximum atomic E-state index is 9.69. The summed E-state index contributed by atoms with van der Waals surface area (Å²) in [4.78, 5) is 0. The fourth-order valence-electron chi connectivity index (χ4n) is 1.90. The van der Waals surface area contributed by atoms with Crippen molar-refractivity contribution in [3.05, 3.63) is 59.7 Å². The summed E-state index contributed by atoms with van der Waals surface area (Å²) in [5, 5.41) is 18.6. The van der Waals surface area contributed by atoms with E-state index in [0.717, 1.165) is 16.9 Å². The molecule has 0 aliphatic rings. The van der Waals surface area contributed by atoms with Crippen LogP contribution in [-0.2, 0) is 6.42 Å². The molecule has 0 saturated carbocycles. The third-order valence-electron chi connectivity index (χ3n) is 2.92. The molecule has 19 heavy (non-hydrogen) atoms. The number of benzene rings is 2. The van der Waals surface area contributed by atoms with E-state index in [4.69, 9.17) is 9.84 Å². The molecule has 0 aliphatic heterocycles. The molecule has 2 N–H and O–H groups in total. The Hall–Kier alpha value is -1.84. The second kappa shape index (κ2) is 6.36. The van der Waals surface area contributed by atoms with Crippen molar-refractivity contribution in [3.8, 4) is 11.5 Å². The van der Waals surface area contributed by atoms with Gasteiger partial charge < -0.3 is 14.9 Å². The van der Waals surface area contributed by atoms with Gasteiger partial charge in [0.1, 0.15) is 11.5 Å². The number of hydrogen-bond acceptors (Lipinski definition) is 3. The maximum absolute atomic E-state index is 9.69. The lowest BCUT2D eigenvalue weighted by Crippen LogP contribution is -1.96. The molecule has 0 amide bonds. The zero-order valence-corrected chi connectivity index (χ0v) is 10.9. The van der Waals surface area contributed by atoms with Crippen LogP contribution in [0.3, 0.4) is 0 Å². The van der Waals surface area contributed by atoms with Crippen LogP contribution in [0.5, 0.6) is 11.5 Å². The van der Waals surface area contributed by atoms with Crippen molar-refractivity contribution >= 4 is 0 Å². The molecule has 0 saturated heterocycles. The summed E-state index contributed by atoms with van der Waals surface area (Å²) >= 11 is 0. The number of aliphatic hydroxyl groups is 2. The SMILES string of the molecule is C[C@@H](O)c1ccccc1Oc1ccc(CCO)cc1. The lowest BCUT2D eigenvalue weighted by Gasteiger charge is -2.13. The molecule has 2 aromatic carbocycles. The minimum Gasteiger partial charge on any atom is -0.457 e. The summed E-state index contributed by atoms with van der Waals surface area (Å²) in [6.45, 7) is 1.86. The number of aliphatic hydroxyl groups excluding tert-OH is 2. The van der Waals surface area contributed by atoms with Gasteiger partial charge in [0, 0.05) is 12.2 Å². The van der Waals surface area contributed by atoms with E-state index in [1.54, 1.807) is 6.92 Å². The fourth-order valence-corrected chi connectivity index (χ4v) is 1.90. The zero-order valence-electron chi connectivity index (χ0n) is 10.9. The predicted octanol–water partition coefficient (Wildman–Crippen LogP) is 3.07. The zero-order chi connectivity index (χ0) is 13.7. The van der Waals surface area contributed by atoms with Crippen molar-refractivity contribution < 1.29 is 14.9 Å². The summed E-state index contributed by atoms with van der Waals surface area (Å²) in [7, 11) is 0. The Labute approximate surface area is 113 Å². The van der Waals surface area contributed by atoms with E-state index >= 15 is 0 Å². The predicted molar refractivity (Wildman–Crippen MR) is 74.4 cm³/mol. The third-order valence-corrected chi connectivity index (χ3v) is 2.92. The average Bonchev–Trinajstić information content (AvgIpc) is 2.42. The molecule has 2 rings (SSSR count). The Morgan fingerprint density at radius 3 is 2.37 bits per heavy atom. The Bertz CT molecular complexity index is 518. The first kappa shape index (κ1) is 13.6. The standard InChI is InChI=1S/C16H18O3/c1-12(18)15-4-2-3-5-16(15)19-14-8-6-13(7-9-14)10-11-17/h2-9,12,17-18H,10-11H2,1H3/t12-/m1/s1. The Balaban J connectivity index is 2.17. The highest BCUT2D eigenvalue weighted by atomic mass is 16.5. The van der Waals surface area contributed by atoms with Gasteiger partial charge in [-0.15, -0.1) is 0 Å². The van der Waals surface area contributed by atoms with Crippen molar-refractivity contribution in [1.29, 1.82) is 0 Å². The quantitative estimate of drug-likeness (QED) is 0.866. The van der Waals surface area contributed by atoms with Gasteiger partial charge in [0.15, 0.2) is 0 Å². The van der Waals surface area contributed by atoms with E-state index in [9.17, 15) is 5.11 Å². The fraction of sp³-hybridized carbons (Fsp3) is 0.250. The van der Waals surface area contributed by atoms with Crippen molar-refractivity contribution in [2.24, 2.45) is 0 Å². The van der Waals surface area contributed by atoms with Gasteiger partial charge in [0.25, 0.3) is 0 Å². The van der Waals surface area contributed by atoms with Crippen LogP contribution in [0.2, 0.25) is 0 Å². The minimum atomic E-state index is -0.565. The molecular formula is C16H18O3. The molecule has 0 spiro atoms. The molecule has 0 aromatic heterocycles. The first-order chi connectivity index (χ1) is 9.20. The number of hydrogen-bond donors (Lipinski definition) is 2. The summed E-state index contributed by atoms with van der Waals surface area (Å²) in [6, 6.07) is 15.0. The first-order valence-corrected chi connectivity index (χ1v) is 6.35. The average molecular weight is 258 g/mol. The monoisotopic (exact) mass is 258 g/mol. The lowest BCUT2D eigenvalue weighted by molar-refractivity contribution is 0.195. The van der Waals surface area contributed by atoms with Gasteiger partial charge in [-0.3, -0.25) is 0 Å². The van der Waals surface area contributed by atoms with Crippen molar-refractivity contribution in [2.45, 2.75) is 19.4 Å². The number of ether oxygens (including phenoxy) is 1. The molecule has 1 atom stereocenters. The second-order valence-electron chi connectivity index (χ2n) is 4.43. The van der Waals surface area contributed by atoms with Crippen molar-refractivity contribution in [1.82, 2.24) is 0 Å². The molecule has 0 heterocycles. The van der Waals surface area contributed by atoms with Crippen LogP contribution in [0.25, 0.3) is 0 Å². The van der Waals surface area contributed by atoms with Gasteiger partial charge in [0.2, 0.25) is 0 Å². The van der Waals surface area contributed by atoms with Crippen molar-refractivity contribution in [2.75, 3.05) is 6.61 Å². The van der Waals surface area contributed by atoms with Crippen LogP contribution >= 0.6 is 0 Å². The smallest absolute Gasteiger partial charge is 0.133 e. The maximum Gasteiger partial charge on any atom is 0.133 e. The summed E-state index contributed by atoms with van der Waals surface area (Å²) < 4.78 is 5.78. The Morgan fingerprint density at radius 1 is 1.05 bits per heavy atom. The van der Waals surface area contributed by atoms with Crippen LogP contribution in [-0.4, -0.2) is 16.8 Å². The second-order valence-corrected chi connectivity index (χ2v) is 4.43. The van der Waals surface area contributed by atoms with Gasteiger partial charge in [0.05, 0.1) is 6.10 Å². The van der Waals surface area contributed by atoms with Crippen LogP contribution < -0.4 is 4.74 Å². The molecule has 100 valence electrons. The van der Waals surface area contributed by atoms with Gasteiger partial charge in [-0.05, 0) is 37.1 Å². The van der Waals surface area contributed by atoms with E-state index in [-0.39, 0.29) is 6.61 Å². The van der Waals surface area contributed by atoms with E-state index in [2.05, 4.69) is 0 Å². The molecule has 2 aromatic rings. The Kier molecular flexibility index (Phi) is 4.55. The largest absolute Gasteiger partial charge is 0.457 e. The highest BCUT2D eigenvalue weighted by molar-refractivity contribution is 5.39. The van der Waals surface area contributed by atoms with Crippen LogP contribution in [0.15, 0.2) is 48.5 Å². The Morgan fingerprint density at radius 2 is 1.74 bits per heavy atom. The molecule has 3 nitrogen and oxygen atoms in total. The van der Waals surface area contributed by atoms with Gasteiger partial charge in [-0.1, -0.05) is 30.3 Å². The van der Waals surface area contributed by atoms with Crippen LogP contribution in [0.4, 0.5) is 0 Å². The lowest BCUT2D eigenvalue weighted by atomic mass is 10.1. The molecule has 0 radical (unpaired) electrons. The van der Waals surface area contributed by atoms with E-state index < -0.39 is 6.10 Å². The number of para-hydroxylation sites is 1. The highest BCUT2D eigenvalue weighted by Crippen LogP contribution is 2.29. The molecule has 0 unspecified atom stereocenters. The normalized spacial score (nSPS) is 12.2. The van der Waals surface area contributed by atoms with Crippen LogP contribution in [0, 0.1) is 0 Å². The molecule has 0 fully saturated rings. The highest BCUT2D eigenvalue weighted by Gasteiger charge is 2.08. The van der Waals surface area contributed by atoms with Gasteiger partial charge in [-0.25, -0.2) is 0 Å².